The number of amides is 2. The normalized spacial score (nSPS) is 10.4. The maximum atomic E-state index is 11.7. The minimum absolute atomic E-state index is 0.109. The van der Waals surface area contributed by atoms with Gasteiger partial charge in [0.25, 0.3) is 0 Å². The van der Waals surface area contributed by atoms with Crippen molar-refractivity contribution in [3.05, 3.63) is 53.6 Å². The zero-order valence-electron chi connectivity index (χ0n) is 13.2. The molecule has 0 heterocycles. The van der Waals surface area contributed by atoms with Gasteiger partial charge < -0.3 is 15.2 Å². The van der Waals surface area contributed by atoms with E-state index in [0.717, 1.165) is 5.56 Å². The van der Waals surface area contributed by atoms with E-state index in [1.807, 2.05) is 19.1 Å². The zero-order chi connectivity index (χ0) is 17.5. The maximum absolute atomic E-state index is 11.7. The maximum Gasteiger partial charge on any atom is 0.329 e. The molecule has 7 heteroatoms. The number of anilines is 1. The highest BCUT2D eigenvalue weighted by Gasteiger charge is 2.13. The summed E-state index contributed by atoms with van der Waals surface area (Å²) in [5, 5.41) is 16.0. The molecule has 0 spiro atoms. The smallest absolute Gasteiger partial charge is 0.329 e. The topological polar surface area (TPSA) is 100 Å². The van der Waals surface area contributed by atoms with Crippen LogP contribution in [0, 0.1) is 6.92 Å². The second-order valence-electron chi connectivity index (χ2n) is 4.92. The summed E-state index contributed by atoms with van der Waals surface area (Å²) in [5.41, 5.74) is 3.99. The number of benzene rings is 2. The van der Waals surface area contributed by atoms with E-state index in [1.54, 1.807) is 30.3 Å². The average molecular weight is 327 g/mol. The van der Waals surface area contributed by atoms with Gasteiger partial charge in [-0.3, -0.25) is 9.59 Å². The van der Waals surface area contributed by atoms with E-state index in [4.69, 9.17) is 4.74 Å². The number of hydrogen-bond donors (Lipinski definition) is 3. The summed E-state index contributed by atoms with van der Waals surface area (Å²) in [5.74, 6) is -1.59. The van der Waals surface area contributed by atoms with Crippen LogP contribution >= 0.6 is 0 Å². The highest BCUT2D eigenvalue weighted by Crippen LogP contribution is 2.27. The lowest BCUT2D eigenvalue weighted by Crippen LogP contribution is -2.32. The first-order valence-corrected chi connectivity index (χ1v) is 7.08. The minimum Gasteiger partial charge on any atom is -0.504 e. The molecule has 3 N–H and O–H groups in total. The van der Waals surface area contributed by atoms with Crippen molar-refractivity contribution in [1.82, 2.24) is 5.43 Å². The summed E-state index contributed by atoms with van der Waals surface area (Å²) in [7, 11) is 1.42. The van der Waals surface area contributed by atoms with Crippen LogP contribution in [-0.2, 0) is 9.59 Å². The Morgan fingerprint density at radius 1 is 1.12 bits per heavy atom. The quantitative estimate of drug-likeness (QED) is 0.453. The predicted molar refractivity (Wildman–Crippen MR) is 90.2 cm³/mol. The highest BCUT2D eigenvalue weighted by atomic mass is 16.5. The van der Waals surface area contributed by atoms with E-state index in [1.165, 1.54) is 13.3 Å². The standard InChI is InChI=1S/C17H17N3O4/c1-11-6-8-13(9-7-11)19-16(22)17(23)20-18-10-12-4-3-5-14(24-2)15(12)21/h3-10,21H,1-2H3,(H,19,22)(H,20,23). The Labute approximate surface area is 139 Å². The first-order valence-electron chi connectivity index (χ1n) is 7.08. The molecule has 0 bridgehead atoms. The molecular formula is C17H17N3O4. The first kappa shape index (κ1) is 17.0. The van der Waals surface area contributed by atoms with Crippen LogP contribution in [0.3, 0.4) is 0 Å². The van der Waals surface area contributed by atoms with Crippen molar-refractivity contribution >= 4 is 23.7 Å². The van der Waals surface area contributed by atoms with Gasteiger partial charge in [0.15, 0.2) is 11.5 Å². The Morgan fingerprint density at radius 3 is 2.50 bits per heavy atom. The van der Waals surface area contributed by atoms with Gasteiger partial charge in [0.1, 0.15) is 0 Å². The van der Waals surface area contributed by atoms with Crippen molar-refractivity contribution in [2.75, 3.05) is 12.4 Å². The Kier molecular flexibility index (Phi) is 5.51. The number of carbonyl (C=O) groups is 2. The number of aromatic hydroxyl groups is 1. The Morgan fingerprint density at radius 2 is 1.83 bits per heavy atom. The lowest BCUT2D eigenvalue weighted by molar-refractivity contribution is -0.136. The molecule has 0 radical (unpaired) electrons. The molecule has 0 aliphatic heterocycles. The number of methoxy groups -OCH3 is 1. The van der Waals surface area contributed by atoms with Gasteiger partial charge in [0, 0.05) is 11.3 Å². The third kappa shape index (κ3) is 4.33. The molecule has 0 aromatic heterocycles. The van der Waals surface area contributed by atoms with Gasteiger partial charge in [-0.15, -0.1) is 0 Å². The second-order valence-corrected chi connectivity index (χ2v) is 4.92. The number of nitrogens with zero attached hydrogens (tertiary/aromatic N) is 1. The van der Waals surface area contributed by atoms with Crippen molar-refractivity contribution in [1.29, 1.82) is 0 Å². The van der Waals surface area contributed by atoms with E-state index in [2.05, 4.69) is 15.8 Å². The third-order valence-corrected chi connectivity index (χ3v) is 3.14. The summed E-state index contributed by atoms with van der Waals surface area (Å²) in [6.45, 7) is 1.92. The number of phenols is 1. The van der Waals surface area contributed by atoms with Gasteiger partial charge >= 0.3 is 11.8 Å². The fourth-order valence-electron chi connectivity index (χ4n) is 1.84. The molecule has 7 nitrogen and oxygen atoms in total. The molecule has 24 heavy (non-hydrogen) atoms. The summed E-state index contributed by atoms with van der Waals surface area (Å²) >= 11 is 0. The van der Waals surface area contributed by atoms with Gasteiger partial charge in [-0.25, -0.2) is 5.43 Å². The fourth-order valence-corrected chi connectivity index (χ4v) is 1.84. The van der Waals surface area contributed by atoms with E-state index in [9.17, 15) is 14.7 Å². The van der Waals surface area contributed by atoms with Crippen molar-refractivity contribution in [2.45, 2.75) is 6.92 Å². The van der Waals surface area contributed by atoms with Gasteiger partial charge in [-0.2, -0.15) is 5.10 Å². The van der Waals surface area contributed by atoms with Gasteiger partial charge in [0.05, 0.1) is 13.3 Å². The number of hydrogen-bond acceptors (Lipinski definition) is 5. The monoisotopic (exact) mass is 327 g/mol. The van der Waals surface area contributed by atoms with E-state index in [0.29, 0.717) is 11.3 Å². The molecule has 0 fully saturated rings. The molecule has 0 aliphatic carbocycles. The zero-order valence-corrected chi connectivity index (χ0v) is 13.2. The number of rotatable bonds is 4. The molecule has 2 aromatic rings. The highest BCUT2D eigenvalue weighted by molar-refractivity contribution is 6.39. The van der Waals surface area contributed by atoms with Crippen molar-refractivity contribution in [3.63, 3.8) is 0 Å². The summed E-state index contributed by atoms with van der Waals surface area (Å²) in [6.07, 6.45) is 1.22. The van der Waals surface area contributed by atoms with Crippen LogP contribution in [0.4, 0.5) is 5.69 Å². The largest absolute Gasteiger partial charge is 0.504 e. The first-order chi connectivity index (χ1) is 11.5. The van der Waals surface area contributed by atoms with Crippen molar-refractivity contribution < 1.29 is 19.4 Å². The summed E-state index contributed by atoms with van der Waals surface area (Å²) in [6, 6.07) is 11.8. The molecule has 0 aliphatic rings. The number of nitrogens with one attached hydrogen (secondary N) is 2. The van der Waals surface area contributed by atoms with E-state index >= 15 is 0 Å². The summed E-state index contributed by atoms with van der Waals surface area (Å²) < 4.78 is 4.96. The molecule has 2 aromatic carbocycles. The number of hydrazone groups is 1. The minimum atomic E-state index is -0.922. The number of aryl methyl sites for hydroxylation is 1. The molecule has 124 valence electrons. The number of carbonyl (C=O) groups excluding carboxylic acids is 2. The molecule has 0 atom stereocenters. The molecule has 2 amide bonds. The van der Waals surface area contributed by atoms with Crippen LogP contribution in [0.25, 0.3) is 0 Å². The van der Waals surface area contributed by atoms with Gasteiger partial charge in [0.2, 0.25) is 0 Å². The number of phenolic OH excluding ortho intramolecular Hbond substituents is 1. The van der Waals surface area contributed by atoms with Crippen molar-refractivity contribution in [2.24, 2.45) is 5.10 Å². The van der Waals surface area contributed by atoms with Crippen LogP contribution in [0.1, 0.15) is 11.1 Å². The van der Waals surface area contributed by atoms with Crippen LogP contribution < -0.4 is 15.5 Å². The molecular weight excluding hydrogens is 310 g/mol. The molecule has 0 saturated carbocycles. The lowest BCUT2D eigenvalue weighted by atomic mass is 10.2. The van der Waals surface area contributed by atoms with Crippen LogP contribution in [0.2, 0.25) is 0 Å². The third-order valence-electron chi connectivity index (χ3n) is 3.14. The average Bonchev–Trinajstić information content (AvgIpc) is 2.58. The molecule has 0 saturated heterocycles. The van der Waals surface area contributed by atoms with Crippen molar-refractivity contribution in [3.8, 4) is 11.5 Å². The van der Waals surface area contributed by atoms with Gasteiger partial charge in [-0.05, 0) is 31.2 Å². The Hall–Kier alpha value is -3.35. The van der Waals surface area contributed by atoms with Crippen LogP contribution in [0.5, 0.6) is 11.5 Å². The Balaban J connectivity index is 1.95. The van der Waals surface area contributed by atoms with Crippen LogP contribution in [-0.4, -0.2) is 30.2 Å². The SMILES string of the molecule is COc1cccc(C=NNC(=O)C(=O)Nc2ccc(C)cc2)c1O. The summed E-state index contributed by atoms with van der Waals surface area (Å²) in [4.78, 5) is 23.4. The van der Waals surface area contributed by atoms with E-state index < -0.39 is 11.8 Å². The lowest BCUT2D eigenvalue weighted by Gasteiger charge is -2.05. The van der Waals surface area contributed by atoms with Crippen LogP contribution in [0.15, 0.2) is 47.6 Å². The number of ether oxygens (including phenoxy) is 1. The fraction of sp³-hybridized carbons (Fsp3) is 0.118. The number of para-hydroxylation sites is 1. The Bertz CT molecular complexity index is 770. The second kappa shape index (κ2) is 7.77. The predicted octanol–water partition coefficient (Wildman–Crippen LogP) is 1.80. The van der Waals surface area contributed by atoms with Gasteiger partial charge in [-0.1, -0.05) is 23.8 Å². The molecule has 0 unspecified atom stereocenters. The van der Waals surface area contributed by atoms with E-state index in [-0.39, 0.29) is 11.5 Å². The molecule has 2 rings (SSSR count).